The minimum absolute atomic E-state index is 0.0431. The van der Waals surface area contributed by atoms with Gasteiger partial charge in [-0.25, -0.2) is 0 Å². The summed E-state index contributed by atoms with van der Waals surface area (Å²) in [6, 6.07) is 3.35. The molecule has 0 radical (unpaired) electrons. The third-order valence-electron chi connectivity index (χ3n) is 3.39. The van der Waals surface area contributed by atoms with Crippen LogP contribution >= 0.6 is 11.3 Å². The predicted molar refractivity (Wildman–Crippen MR) is 84.4 cm³/mol. The molecule has 6 heteroatoms. The maximum absolute atomic E-state index is 5.84. The van der Waals surface area contributed by atoms with Crippen LogP contribution in [-0.2, 0) is 13.1 Å². The van der Waals surface area contributed by atoms with Crippen LogP contribution in [-0.4, -0.2) is 21.8 Å². The first-order valence-electron chi connectivity index (χ1n) is 7.36. The molecule has 1 N–H and O–H groups in total. The van der Waals surface area contributed by atoms with Gasteiger partial charge < -0.3 is 14.6 Å². The van der Waals surface area contributed by atoms with E-state index in [0.29, 0.717) is 24.5 Å². The van der Waals surface area contributed by atoms with E-state index in [9.17, 15) is 0 Å². The van der Waals surface area contributed by atoms with Crippen molar-refractivity contribution in [3.8, 4) is 0 Å². The maximum atomic E-state index is 5.84. The topological polar surface area (TPSA) is 54.2 Å². The highest BCUT2D eigenvalue weighted by Gasteiger charge is 2.32. The molecule has 1 aliphatic rings. The molecule has 114 valence electrons. The lowest BCUT2D eigenvalue weighted by Gasteiger charge is -2.19. The van der Waals surface area contributed by atoms with Crippen LogP contribution in [0, 0.1) is 0 Å². The summed E-state index contributed by atoms with van der Waals surface area (Å²) in [4.78, 5) is 2.23. The normalized spacial score (nSPS) is 15.4. The second-order valence-corrected chi connectivity index (χ2v) is 7.35. The first kappa shape index (κ1) is 14.5. The number of nitrogens with zero attached hydrogens (tertiary/aromatic N) is 3. The summed E-state index contributed by atoms with van der Waals surface area (Å²) in [7, 11) is 0. The second-order valence-electron chi connectivity index (χ2n) is 6.57. The van der Waals surface area contributed by atoms with Crippen LogP contribution in [0.25, 0.3) is 0 Å². The summed E-state index contributed by atoms with van der Waals surface area (Å²) in [5, 5.41) is 16.0. The van der Waals surface area contributed by atoms with Crippen LogP contribution in [0.5, 0.6) is 0 Å². The van der Waals surface area contributed by atoms with Gasteiger partial charge in [-0.15, -0.1) is 5.10 Å². The molecular weight excluding hydrogens is 284 g/mol. The van der Waals surface area contributed by atoms with Gasteiger partial charge in [0.05, 0.1) is 6.54 Å². The fourth-order valence-corrected chi connectivity index (χ4v) is 2.75. The van der Waals surface area contributed by atoms with Crippen LogP contribution in [0.1, 0.15) is 45.1 Å². The number of rotatable bonds is 6. The Morgan fingerprint density at radius 1 is 1.38 bits per heavy atom. The molecule has 1 saturated carbocycles. The predicted octanol–water partition coefficient (Wildman–Crippen LogP) is 3.19. The SMILES string of the molecule is CC(C)(C)NCc1nnc(N(Cc2ccsc2)C2CC2)o1. The molecule has 0 amide bonds. The number of hydrogen-bond donors (Lipinski definition) is 1. The molecule has 0 unspecified atom stereocenters. The third-order valence-corrected chi connectivity index (χ3v) is 4.12. The fraction of sp³-hybridized carbons (Fsp3) is 0.600. The smallest absolute Gasteiger partial charge is 0.318 e. The van der Waals surface area contributed by atoms with Gasteiger partial charge in [0.15, 0.2) is 0 Å². The van der Waals surface area contributed by atoms with E-state index in [0.717, 1.165) is 6.54 Å². The summed E-state index contributed by atoms with van der Waals surface area (Å²) >= 11 is 1.72. The van der Waals surface area contributed by atoms with Gasteiger partial charge in [-0.3, -0.25) is 0 Å². The van der Waals surface area contributed by atoms with Gasteiger partial charge >= 0.3 is 6.01 Å². The molecule has 2 aromatic heterocycles. The number of aromatic nitrogens is 2. The van der Waals surface area contributed by atoms with E-state index in [4.69, 9.17) is 4.42 Å². The zero-order chi connectivity index (χ0) is 14.9. The van der Waals surface area contributed by atoms with Crippen molar-refractivity contribution in [2.45, 2.75) is 58.3 Å². The van der Waals surface area contributed by atoms with Crippen molar-refractivity contribution >= 4 is 17.4 Å². The molecule has 0 atom stereocenters. The van der Waals surface area contributed by atoms with E-state index in [1.54, 1.807) is 11.3 Å². The van der Waals surface area contributed by atoms with Crippen LogP contribution in [0.4, 0.5) is 6.01 Å². The molecule has 21 heavy (non-hydrogen) atoms. The molecule has 1 fully saturated rings. The van der Waals surface area contributed by atoms with E-state index in [2.05, 4.69) is 58.0 Å². The van der Waals surface area contributed by atoms with Crippen molar-refractivity contribution in [3.05, 3.63) is 28.3 Å². The minimum atomic E-state index is 0.0431. The summed E-state index contributed by atoms with van der Waals surface area (Å²) < 4.78 is 5.84. The summed E-state index contributed by atoms with van der Waals surface area (Å²) in [5.74, 6) is 0.649. The Morgan fingerprint density at radius 3 is 2.81 bits per heavy atom. The van der Waals surface area contributed by atoms with Crippen LogP contribution in [0.2, 0.25) is 0 Å². The van der Waals surface area contributed by atoms with Crippen molar-refractivity contribution in [1.29, 1.82) is 0 Å². The number of hydrogen-bond acceptors (Lipinski definition) is 6. The first-order valence-corrected chi connectivity index (χ1v) is 8.31. The zero-order valence-corrected chi connectivity index (χ0v) is 13.6. The molecule has 0 bridgehead atoms. The van der Waals surface area contributed by atoms with Crippen molar-refractivity contribution in [2.24, 2.45) is 0 Å². The molecular formula is C15H22N4OS. The Kier molecular flexibility index (Phi) is 3.99. The highest BCUT2D eigenvalue weighted by molar-refractivity contribution is 7.07. The second kappa shape index (κ2) is 5.77. The molecule has 1 aliphatic carbocycles. The Balaban J connectivity index is 1.67. The average Bonchev–Trinajstić information content (AvgIpc) is 2.94. The Morgan fingerprint density at radius 2 is 2.19 bits per heavy atom. The molecule has 3 rings (SSSR count). The van der Waals surface area contributed by atoms with E-state index >= 15 is 0 Å². The Hall–Kier alpha value is -1.40. The van der Waals surface area contributed by atoms with Crippen LogP contribution < -0.4 is 10.2 Å². The van der Waals surface area contributed by atoms with Crippen molar-refractivity contribution in [2.75, 3.05) is 4.90 Å². The van der Waals surface area contributed by atoms with E-state index < -0.39 is 0 Å². The van der Waals surface area contributed by atoms with E-state index in [-0.39, 0.29) is 5.54 Å². The largest absolute Gasteiger partial charge is 0.407 e. The monoisotopic (exact) mass is 306 g/mol. The summed E-state index contributed by atoms with van der Waals surface area (Å²) in [6.45, 7) is 7.82. The lowest BCUT2D eigenvalue weighted by Crippen LogP contribution is -2.35. The van der Waals surface area contributed by atoms with Gasteiger partial charge in [0.2, 0.25) is 5.89 Å². The zero-order valence-electron chi connectivity index (χ0n) is 12.8. The average molecular weight is 306 g/mol. The Bertz CT molecular complexity index is 569. The molecule has 0 spiro atoms. The molecule has 0 aliphatic heterocycles. The van der Waals surface area contributed by atoms with Crippen LogP contribution in [0.15, 0.2) is 21.2 Å². The van der Waals surface area contributed by atoms with Gasteiger partial charge in [-0.2, -0.15) is 11.3 Å². The Labute approximate surface area is 129 Å². The highest BCUT2D eigenvalue weighted by Crippen LogP contribution is 2.32. The van der Waals surface area contributed by atoms with Crippen molar-refractivity contribution in [3.63, 3.8) is 0 Å². The number of anilines is 1. The van der Waals surface area contributed by atoms with Gasteiger partial charge in [0, 0.05) is 18.1 Å². The third kappa shape index (κ3) is 4.04. The van der Waals surface area contributed by atoms with Crippen molar-refractivity contribution in [1.82, 2.24) is 15.5 Å². The lowest BCUT2D eigenvalue weighted by molar-refractivity contribution is 0.380. The van der Waals surface area contributed by atoms with Gasteiger partial charge in [-0.05, 0) is 56.0 Å². The number of thiophene rings is 1. The molecule has 0 aromatic carbocycles. The molecule has 2 aromatic rings. The molecule has 0 saturated heterocycles. The first-order chi connectivity index (χ1) is 10.0. The highest BCUT2D eigenvalue weighted by atomic mass is 32.1. The minimum Gasteiger partial charge on any atom is -0.407 e. The van der Waals surface area contributed by atoms with Gasteiger partial charge in [0.1, 0.15) is 0 Å². The maximum Gasteiger partial charge on any atom is 0.318 e. The van der Waals surface area contributed by atoms with E-state index in [1.165, 1.54) is 18.4 Å². The van der Waals surface area contributed by atoms with Crippen molar-refractivity contribution < 1.29 is 4.42 Å². The standard InChI is InChI=1S/C15H22N4OS/c1-15(2,3)16-8-13-17-18-14(20-13)19(12-4-5-12)9-11-6-7-21-10-11/h6-7,10,12,16H,4-5,8-9H2,1-3H3. The summed E-state index contributed by atoms with van der Waals surface area (Å²) in [6.07, 6.45) is 2.42. The van der Waals surface area contributed by atoms with Crippen LogP contribution in [0.3, 0.4) is 0 Å². The quantitative estimate of drug-likeness (QED) is 0.888. The molecule has 2 heterocycles. The molecule has 5 nitrogen and oxygen atoms in total. The summed E-state index contributed by atoms with van der Waals surface area (Å²) in [5.41, 5.74) is 1.35. The fourth-order valence-electron chi connectivity index (χ4n) is 2.09. The van der Waals surface area contributed by atoms with E-state index in [1.807, 2.05) is 0 Å². The lowest BCUT2D eigenvalue weighted by atomic mass is 10.1. The van der Waals surface area contributed by atoms with Gasteiger partial charge in [0.25, 0.3) is 0 Å². The number of nitrogens with one attached hydrogen (secondary N) is 1. The van der Waals surface area contributed by atoms with Gasteiger partial charge in [-0.1, -0.05) is 5.10 Å².